The number of hydrogen-bond acceptors (Lipinski definition) is 3. The molecule has 2 fully saturated rings. The SMILES string of the molecule is O=C(CCc1ccc(OCC2CC2)c(Cl)c1)OCC1CC1. The molecule has 0 amide bonds. The van der Waals surface area contributed by atoms with Gasteiger partial charge in [0.05, 0.1) is 18.2 Å². The van der Waals surface area contributed by atoms with Crippen molar-refractivity contribution in [1.82, 2.24) is 0 Å². The van der Waals surface area contributed by atoms with Crippen LogP contribution in [0.2, 0.25) is 5.02 Å². The van der Waals surface area contributed by atoms with Crippen LogP contribution in [0.1, 0.15) is 37.7 Å². The van der Waals surface area contributed by atoms with E-state index in [1.807, 2.05) is 18.2 Å². The van der Waals surface area contributed by atoms with Crippen molar-refractivity contribution in [2.75, 3.05) is 13.2 Å². The van der Waals surface area contributed by atoms with Gasteiger partial charge in [-0.25, -0.2) is 0 Å². The maximum Gasteiger partial charge on any atom is 0.306 e. The zero-order valence-electron chi connectivity index (χ0n) is 12.1. The summed E-state index contributed by atoms with van der Waals surface area (Å²) < 4.78 is 10.9. The highest BCUT2D eigenvalue weighted by Gasteiger charge is 2.23. The van der Waals surface area contributed by atoms with E-state index in [1.54, 1.807) is 0 Å². The van der Waals surface area contributed by atoms with Crippen molar-refractivity contribution < 1.29 is 14.3 Å². The summed E-state index contributed by atoms with van der Waals surface area (Å²) >= 11 is 6.22. The fourth-order valence-corrected chi connectivity index (χ4v) is 2.38. The first-order chi connectivity index (χ1) is 10.2. The van der Waals surface area contributed by atoms with Crippen LogP contribution in [-0.4, -0.2) is 19.2 Å². The summed E-state index contributed by atoms with van der Waals surface area (Å²) in [6.45, 7) is 1.35. The molecule has 2 saturated carbocycles. The highest BCUT2D eigenvalue weighted by Crippen LogP contribution is 2.32. The second-order valence-corrected chi connectivity index (χ2v) is 6.55. The number of halogens is 1. The van der Waals surface area contributed by atoms with Gasteiger partial charge in [-0.1, -0.05) is 17.7 Å². The molecule has 3 nitrogen and oxygen atoms in total. The molecule has 2 aliphatic carbocycles. The van der Waals surface area contributed by atoms with Crippen LogP contribution >= 0.6 is 11.6 Å². The van der Waals surface area contributed by atoms with Gasteiger partial charge in [0.25, 0.3) is 0 Å². The summed E-state index contributed by atoms with van der Waals surface area (Å²) in [5.41, 5.74) is 1.04. The fourth-order valence-electron chi connectivity index (χ4n) is 2.12. The number of esters is 1. The summed E-state index contributed by atoms with van der Waals surface area (Å²) in [6.07, 6.45) is 5.99. The van der Waals surface area contributed by atoms with Crippen LogP contribution in [0.4, 0.5) is 0 Å². The quantitative estimate of drug-likeness (QED) is 0.681. The van der Waals surface area contributed by atoms with Gasteiger partial charge < -0.3 is 9.47 Å². The Morgan fingerprint density at radius 2 is 1.86 bits per heavy atom. The maximum absolute atomic E-state index is 11.6. The molecule has 0 saturated heterocycles. The first-order valence-electron chi connectivity index (χ1n) is 7.77. The second kappa shape index (κ2) is 6.69. The predicted molar refractivity (Wildman–Crippen MR) is 81.7 cm³/mol. The lowest BCUT2D eigenvalue weighted by molar-refractivity contribution is -0.144. The van der Waals surface area contributed by atoms with Gasteiger partial charge in [-0.05, 0) is 61.6 Å². The summed E-state index contributed by atoms with van der Waals surface area (Å²) in [5, 5.41) is 0.625. The molecule has 0 aliphatic heterocycles. The minimum Gasteiger partial charge on any atom is -0.492 e. The Morgan fingerprint density at radius 3 is 2.52 bits per heavy atom. The van der Waals surface area contributed by atoms with E-state index < -0.39 is 0 Å². The molecule has 0 atom stereocenters. The molecule has 0 bridgehead atoms. The van der Waals surface area contributed by atoms with Gasteiger partial charge in [0, 0.05) is 6.42 Å². The summed E-state index contributed by atoms with van der Waals surface area (Å²) in [5.74, 6) is 1.95. The lowest BCUT2D eigenvalue weighted by atomic mass is 10.1. The number of benzene rings is 1. The summed E-state index contributed by atoms with van der Waals surface area (Å²) in [6, 6.07) is 5.76. The minimum absolute atomic E-state index is 0.118. The Labute approximate surface area is 130 Å². The molecule has 0 aromatic heterocycles. The predicted octanol–water partition coefficient (Wildman–Crippen LogP) is 4.01. The Morgan fingerprint density at radius 1 is 1.14 bits per heavy atom. The van der Waals surface area contributed by atoms with Crippen molar-refractivity contribution in [2.45, 2.75) is 38.5 Å². The number of hydrogen-bond donors (Lipinski definition) is 0. The topological polar surface area (TPSA) is 35.5 Å². The Balaban J connectivity index is 1.43. The van der Waals surface area contributed by atoms with Crippen molar-refractivity contribution in [3.05, 3.63) is 28.8 Å². The van der Waals surface area contributed by atoms with Gasteiger partial charge in [-0.3, -0.25) is 4.79 Å². The van der Waals surface area contributed by atoms with E-state index in [1.165, 1.54) is 25.7 Å². The molecule has 4 heteroatoms. The molecular formula is C17H21ClO3. The first-order valence-corrected chi connectivity index (χ1v) is 8.15. The molecule has 0 unspecified atom stereocenters. The number of ether oxygens (including phenoxy) is 2. The van der Waals surface area contributed by atoms with Crippen molar-refractivity contribution in [1.29, 1.82) is 0 Å². The molecule has 3 rings (SSSR count). The highest BCUT2D eigenvalue weighted by molar-refractivity contribution is 6.32. The molecule has 1 aromatic rings. The summed E-state index contributed by atoms with van der Waals surface area (Å²) in [7, 11) is 0. The normalized spacial score (nSPS) is 17.6. The van der Waals surface area contributed by atoms with E-state index in [9.17, 15) is 4.79 Å². The number of rotatable bonds is 8. The molecule has 2 aliphatic rings. The maximum atomic E-state index is 11.6. The molecule has 0 spiro atoms. The van der Waals surface area contributed by atoms with E-state index in [0.717, 1.165) is 17.9 Å². The van der Waals surface area contributed by atoms with Crippen LogP contribution < -0.4 is 4.74 Å². The molecule has 114 valence electrons. The van der Waals surface area contributed by atoms with E-state index in [-0.39, 0.29) is 5.97 Å². The lowest BCUT2D eigenvalue weighted by Crippen LogP contribution is -2.08. The molecule has 21 heavy (non-hydrogen) atoms. The first kappa shape index (κ1) is 14.7. The van der Waals surface area contributed by atoms with Gasteiger partial charge in [0.2, 0.25) is 0 Å². The second-order valence-electron chi connectivity index (χ2n) is 6.15. The third-order valence-corrected chi connectivity index (χ3v) is 4.26. The highest BCUT2D eigenvalue weighted by atomic mass is 35.5. The zero-order chi connectivity index (χ0) is 14.7. The van der Waals surface area contributed by atoms with Crippen LogP contribution in [0.5, 0.6) is 5.75 Å². The van der Waals surface area contributed by atoms with Crippen LogP contribution in [0.25, 0.3) is 0 Å². The van der Waals surface area contributed by atoms with Gasteiger partial charge in [-0.2, -0.15) is 0 Å². The van der Waals surface area contributed by atoms with Gasteiger partial charge in [0.15, 0.2) is 0 Å². The van der Waals surface area contributed by atoms with E-state index in [0.29, 0.717) is 36.3 Å². The van der Waals surface area contributed by atoms with Gasteiger partial charge in [0.1, 0.15) is 5.75 Å². The molecular weight excluding hydrogens is 288 g/mol. The van der Waals surface area contributed by atoms with Crippen LogP contribution in [0.3, 0.4) is 0 Å². The van der Waals surface area contributed by atoms with Crippen molar-refractivity contribution in [2.24, 2.45) is 11.8 Å². The summed E-state index contributed by atoms with van der Waals surface area (Å²) in [4.78, 5) is 11.6. The van der Waals surface area contributed by atoms with Crippen molar-refractivity contribution in [3.63, 3.8) is 0 Å². The van der Waals surface area contributed by atoms with Crippen LogP contribution in [0, 0.1) is 11.8 Å². The average molecular weight is 309 g/mol. The largest absolute Gasteiger partial charge is 0.492 e. The smallest absolute Gasteiger partial charge is 0.306 e. The Kier molecular flexibility index (Phi) is 4.69. The Hall–Kier alpha value is -1.22. The average Bonchev–Trinajstić information content (AvgIpc) is 3.36. The standard InChI is InChI=1S/C17H21ClO3/c18-15-9-12(5-7-16(15)20-10-13-1-2-13)6-8-17(19)21-11-14-3-4-14/h5,7,9,13-14H,1-4,6,8,10-11H2. The van der Waals surface area contributed by atoms with E-state index >= 15 is 0 Å². The number of carbonyl (C=O) groups is 1. The zero-order valence-corrected chi connectivity index (χ0v) is 12.9. The van der Waals surface area contributed by atoms with Crippen molar-refractivity contribution in [3.8, 4) is 5.75 Å². The molecule has 0 radical (unpaired) electrons. The molecule has 0 N–H and O–H groups in total. The molecule has 1 aromatic carbocycles. The lowest BCUT2D eigenvalue weighted by Gasteiger charge is -2.09. The van der Waals surface area contributed by atoms with Gasteiger partial charge in [-0.15, -0.1) is 0 Å². The van der Waals surface area contributed by atoms with Crippen molar-refractivity contribution >= 4 is 17.6 Å². The van der Waals surface area contributed by atoms with Crippen LogP contribution in [0.15, 0.2) is 18.2 Å². The van der Waals surface area contributed by atoms with E-state index in [4.69, 9.17) is 21.1 Å². The minimum atomic E-state index is -0.118. The van der Waals surface area contributed by atoms with E-state index in [2.05, 4.69) is 0 Å². The third-order valence-electron chi connectivity index (χ3n) is 3.96. The third kappa shape index (κ3) is 4.92. The Bertz CT molecular complexity index is 507. The monoisotopic (exact) mass is 308 g/mol. The van der Waals surface area contributed by atoms with Gasteiger partial charge >= 0.3 is 5.97 Å². The fraction of sp³-hybridized carbons (Fsp3) is 0.588. The number of carbonyl (C=O) groups excluding carboxylic acids is 1. The molecule has 0 heterocycles. The van der Waals surface area contributed by atoms with Crippen LogP contribution in [-0.2, 0) is 16.0 Å². The number of aryl methyl sites for hydroxylation is 1.